The highest BCUT2D eigenvalue weighted by molar-refractivity contribution is 5.87. The van der Waals surface area contributed by atoms with Crippen molar-refractivity contribution < 1.29 is 4.74 Å². The molecule has 0 fully saturated rings. The fraction of sp³-hybridized carbons (Fsp3) is 0.226. The molecule has 0 amide bonds. The van der Waals surface area contributed by atoms with E-state index in [1.165, 1.54) is 50.4 Å². The number of para-hydroxylation sites is 2. The molecular weight excluding hydrogens is 430 g/mol. The third-order valence-electron chi connectivity index (χ3n) is 8.03. The Bertz CT molecular complexity index is 1430. The predicted molar refractivity (Wildman–Crippen MR) is 144 cm³/mol. The maximum absolute atomic E-state index is 7.24. The number of hydrogen-bond donors (Lipinski definition) is 1. The van der Waals surface area contributed by atoms with E-state index in [-0.39, 0.29) is 12.0 Å². The van der Waals surface area contributed by atoms with E-state index in [0.717, 1.165) is 5.75 Å². The average Bonchev–Trinajstić information content (AvgIpc) is 3.39. The van der Waals surface area contributed by atoms with Crippen LogP contribution in [0.4, 0.5) is 17.1 Å². The fourth-order valence-corrected chi connectivity index (χ4v) is 6.41. The molecule has 2 aliphatic heterocycles. The first kappa shape index (κ1) is 20.5. The quantitative estimate of drug-likeness (QED) is 0.376. The molecular formula is C31H29N3O. The average molecular weight is 460 g/mol. The number of hydrogen-bond acceptors (Lipinski definition) is 4. The molecule has 2 heterocycles. The summed E-state index contributed by atoms with van der Waals surface area (Å²) in [5, 5.41) is 3.87. The van der Waals surface area contributed by atoms with E-state index in [0.29, 0.717) is 0 Å². The van der Waals surface area contributed by atoms with Crippen LogP contribution in [-0.2, 0) is 5.60 Å². The number of nitrogens with zero attached hydrogens (tertiary/aromatic N) is 2. The van der Waals surface area contributed by atoms with E-state index in [1.807, 2.05) is 0 Å². The monoisotopic (exact) mass is 459 g/mol. The Morgan fingerprint density at radius 3 is 1.89 bits per heavy atom. The van der Waals surface area contributed by atoms with Gasteiger partial charge in [-0.15, -0.1) is 0 Å². The molecule has 4 aromatic carbocycles. The summed E-state index contributed by atoms with van der Waals surface area (Å²) >= 11 is 0. The van der Waals surface area contributed by atoms with Crippen molar-refractivity contribution in [3.8, 4) is 16.9 Å². The molecule has 2 atom stereocenters. The third-order valence-corrected chi connectivity index (χ3v) is 8.03. The van der Waals surface area contributed by atoms with Gasteiger partial charge in [0.15, 0.2) is 5.60 Å². The Morgan fingerprint density at radius 2 is 1.26 bits per heavy atom. The van der Waals surface area contributed by atoms with E-state index in [2.05, 4.69) is 128 Å². The van der Waals surface area contributed by atoms with Gasteiger partial charge in [-0.1, -0.05) is 48.5 Å². The molecule has 174 valence electrons. The zero-order valence-electron chi connectivity index (χ0n) is 20.5. The summed E-state index contributed by atoms with van der Waals surface area (Å²) in [5.74, 6) is 1.07. The molecule has 0 saturated carbocycles. The molecule has 0 radical (unpaired) electrons. The molecule has 1 spiro atoms. The van der Waals surface area contributed by atoms with Gasteiger partial charge in [-0.25, -0.2) is 0 Å². The van der Waals surface area contributed by atoms with Gasteiger partial charge in [0.1, 0.15) is 5.75 Å². The van der Waals surface area contributed by atoms with E-state index in [9.17, 15) is 0 Å². The molecule has 0 aromatic heterocycles. The van der Waals surface area contributed by atoms with Gasteiger partial charge in [-0.2, -0.15) is 0 Å². The highest BCUT2D eigenvalue weighted by Crippen LogP contribution is 2.66. The van der Waals surface area contributed by atoms with Gasteiger partial charge in [-0.05, 0) is 53.1 Å². The van der Waals surface area contributed by atoms with Crippen LogP contribution in [0.5, 0.6) is 5.75 Å². The summed E-state index contributed by atoms with van der Waals surface area (Å²) in [7, 11) is 8.41. The summed E-state index contributed by atoms with van der Waals surface area (Å²) in [5.41, 5.74) is 10.5. The van der Waals surface area contributed by atoms with E-state index >= 15 is 0 Å². The van der Waals surface area contributed by atoms with Crippen LogP contribution in [0.3, 0.4) is 0 Å². The summed E-state index contributed by atoms with van der Waals surface area (Å²) in [6.07, 6.45) is 0. The van der Waals surface area contributed by atoms with Crippen LogP contribution in [0.1, 0.15) is 34.2 Å². The number of rotatable bonds is 2. The Kier molecular flexibility index (Phi) is 4.12. The van der Waals surface area contributed by atoms with Crippen molar-refractivity contribution in [1.82, 2.24) is 0 Å². The first-order valence-electron chi connectivity index (χ1n) is 12.3. The number of anilines is 3. The van der Waals surface area contributed by atoms with Crippen molar-refractivity contribution in [3.63, 3.8) is 0 Å². The fourth-order valence-electron chi connectivity index (χ4n) is 6.41. The standard InChI is InChI=1S/C31H29N3O/c1-33(2)19-13-15-25-23(17-19)24-18-20(34(3)4)14-16-26(24)31(25)29-21-9-5-7-11-27(21)32-30(29)22-10-6-8-12-28(22)35-31/h5-18,29-30,32H,1-4H3. The Morgan fingerprint density at radius 1 is 0.686 bits per heavy atom. The van der Waals surface area contributed by atoms with Crippen LogP contribution < -0.4 is 19.9 Å². The normalized spacial score (nSPS) is 19.5. The second-order valence-electron chi connectivity index (χ2n) is 10.3. The molecule has 0 bridgehead atoms. The molecule has 4 heteroatoms. The minimum atomic E-state index is -0.612. The Hall–Kier alpha value is -3.92. The van der Waals surface area contributed by atoms with Crippen LogP contribution in [0.15, 0.2) is 84.9 Å². The Balaban J connectivity index is 1.58. The first-order chi connectivity index (χ1) is 17.0. The van der Waals surface area contributed by atoms with Crippen LogP contribution in [0.25, 0.3) is 11.1 Å². The highest BCUT2D eigenvalue weighted by atomic mass is 16.5. The first-order valence-corrected chi connectivity index (χ1v) is 12.3. The van der Waals surface area contributed by atoms with E-state index in [1.54, 1.807) is 0 Å². The number of ether oxygens (including phenoxy) is 1. The molecule has 35 heavy (non-hydrogen) atoms. The molecule has 4 aromatic rings. The van der Waals surface area contributed by atoms with Gasteiger partial charge >= 0.3 is 0 Å². The SMILES string of the molecule is CN(C)c1ccc2c(c1)-c1cc(N(C)C)ccc1C21Oc2ccccc2C2Nc3ccccc3C21. The molecule has 4 nitrogen and oxygen atoms in total. The molecule has 0 saturated heterocycles. The second-order valence-corrected chi connectivity index (χ2v) is 10.3. The van der Waals surface area contributed by atoms with Crippen molar-refractivity contribution in [3.05, 3.63) is 107 Å². The lowest BCUT2D eigenvalue weighted by Crippen LogP contribution is -2.44. The molecule has 1 aliphatic carbocycles. The van der Waals surface area contributed by atoms with Crippen molar-refractivity contribution in [2.45, 2.75) is 17.6 Å². The molecule has 3 aliphatic rings. The topological polar surface area (TPSA) is 27.7 Å². The van der Waals surface area contributed by atoms with E-state index < -0.39 is 5.60 Å². The Labute approximate surface area is 206 Å². The lowest BCUT2D eigenvalue weighted by atomic mass is 9.70. The maximum atomic E-state index is 7.24. The van der Waals surface area contributed by atoms with Crippen molar-refractivity contribution in [2.75, 3.05) is 43.3 Å². The van der Waals surface area contributed by atoms with Gasteiger partial charge in [-0.3, -0.25) is 0 Å². The van der Waals surface area contributed by atoms with Crippen molar-refractivity contribution >= 4 is 17.1 Å². The summed E-state index contributed by atoms with van der Waals surface area (Å²) in [4.78, 5) is 4.35. The lowest BCUT2D eigenvalue weighted by Gasteiger charge is -2.45. The highest BCUT2D eigenvalue weighted by Gasteiger charge is 2.59. The third kappa shape index (κ3) is 2.62. The van der Waals surface area contributed by atoms with Gasteiger partial charge in [0, 0.05) is 61.9 Å². The van der Waals surface area contributed by atoms with Gasteiger partial charge in [0.2, 0.25) is 0 Å². The second kappa shape index (κ2) is 7.05. The number of benzene rings is 4. The smallest absolute Gasteiger partial charge is 0.169 e. The number of nitrogens with one attached hydrogen (secondary N) is 1. The molecule has 7 rings (SSSR count). The van der Waals surface area contributed by atoms with E-state index in [4.69, 9.17) is 4.74 Å². The zero-order chi connectivity index (χ0) is 23.9. The lowest BCUT2D eigenvalue weighted by molar-refractivity contribution is 0.0591. The van der Waals surface area contributed by atoms with Gasteiger partial charge in [0.25, 0.3) is 0 Å². The zero-order valence-corrected chi connectivity index (χ0v) is 20.5. The van der Waals surface area contributed by atoms with Crippen molar-refractivity contribution in [2.24, 2.45) is 0 Å². The summed E-state index contributed by atoms with van der Waals surface area (Å²) in [6.45, 7) is 0. The minimum absolute atomic E-state index is 0.115. The van der Waals surface area contributed by atoms with Crippen LogP contribution in [0.2, 0.25) is 0 Å². The predicted octanol–water partition coefficient (Wildman–Crippen LogP) is 6.39. The van der Waals surface area contributed by atoms with Crippen LogP contribution >= 0.6 is 0 Å². The van der Waals surface area contributed by atoms with Crippen LogP contribution in [-0.4, -0.2) is 28.2 Å². The molecule has 1 N–H and O–H groups in total. The van der Waals surface area contributed by atoms with Crippen LogP contribution in [0, 0.1) is 0 Å². The number of fused-ring (bicyclic) bond motifs is 11. The largest absolute Gasteiger partial charge is 0.477 e. The minimum Gasteiger partial charge on any atom is -0.477 e. The maximum Gasteiger partial charge on any atom is 0.169 e. The van der Waals surface area contributed by atoms with Crippen molar-refractivity contribution in [1.29, 1.82) is 0 Å². The molecule has 2 unspecified atom stereocenters. The summed E-state index contributed by atoms with van der Waals surface area (Å²) in [6, 6.07) is 31.1. The van der Waals surface area contributed by atoms with Gasteiger partial charge in [0.05, 0.1) is 12.0 Å². The van der Waals surface area contributed by atoms with Gasteiger partial charge < -0.3 is 19.9 Å². The summed E-state index contributed by atoms with van der Waals surface area (Å²) < 4.78 is 7.24.